The SMILES string of the molecule is CCc1ccc(-c2ccc(-c3ccc(CC)cc3)c3c(C)c4c(c(C)c23)-c2cccc3cccc-4c23)cc1. The molecule has 0 fully saturated rings. The molecule has 0 bridgehead atoms. The van der Waals surface area contributed by atoms with Gasteiger partial charge in [0.15, 0.2) is 0 Å². The zero-order valence-electron chi connectivity index (χ0n) is 22.7. The van der Waals surface area contributed by atoms with Crippen molar-refractivity contribution in [2.75, 3.05) is 0 Å². The summed E-state index contributed by atoms with van der Waals surface area (Å²) < 4.78 is 0. The van der Waals surface area contributed by atoms with E-state index in [9.17, 15) is 0 Å². The van der Waals surface area contributed by atoms with Crippen LogP contribution in [0.25, 0.3) is 66.1 Å². The third kappa shape index (κ3) is 3.23. The molecule has 0 heteroatoms. The largest absolute Gasteiger partial charge is 0.0613 e. The van der Waals surface area contributed by atoms with Gasteiger partial charge in [-0.3, -0.25) is 0 Å². The number of hydrogen-bond acceptors (Lipinski definition) is 0. The van der Waals surface area contributed by atoms with Crippen molar-refractivity contribution in [2.24, 2.45) is 0 Å². The molecule has 7 rings (SSSR count). The van der Waals surface area contributed by atoms with Crippen molar-refractivity contribution in [3.8, 4) is 44.5 Å². The van der Waals surface area contributed by atoms with Crippen LogP contribution in [-0.2, 0) is 12.8 Å². The van der Waals surface area contributed by atoms with Crippen molar-refractivity contribution < 1.29 is 0 Å². The second-order valence-corrected chi connectivity index (χ2v) is 10.7. The van der Waals surface area contributed by atoms with Crippen molar-refractivity contribution in [3.63, 3.8) is 0 Å². The molecule has 0 saturated carbocycles. The number of hydrogen-bond donors (Lipinski definition) is 0. The second kappa shape index (κ2) is 8.71. The Labute approximate surface area is 225 Å². The maximum Gasteiger partial charge on any atom is -0.00262 e. The Bertz CT molecular complexity index is 1730. The van der Waals surface area contributed by atoms with Crippen LogP contribution >= 0.6 is 0 Å². The highest BCUT2D eigenvalue weighted by atomic mass is 14.3. The van der Waals surface area contributed by atoms with Gasteiger partial charge >= 0.3 is 0 Å². The smallest absolute Gasteiger partial charge is 0.00262 e. The fourth-order valence-electron chi connectivity index (χ4n) is 6.76. The fraction of sp³-hybridized carbons (Fsp3) is 0.158. The summed E-state index contributed by atoms with van der Waals surface area (Å²) in [5.41, 5.74) is 16.3. The van der Waals surface area contributed by atoms with E-state index in [-0.39, 0.29) is 0 Å². The predicted octanol–water partition coefficient (Wildman–Crippen LogP) is 10.7. The van der Waals surface area contributed by atoms with Crippen LogP contribution < -0.4 is 0 Å². The molecule has 38 heavy (non-hydrogen) atoms. The topological polar surface area (TPSA) is 0 Å². The lowest BCUT2D eigenvalue weighted by atomic mass is 9.82. The van der Waals surface area contributed by atoms with Gasteiger partial charge in [0.25, 0.3) is 0 Å². The molecular formula is C38H32. The van der Waals surface area contributed by atoms with Crippen molar-refractivity contribution in [1.29, 1.82) is 0 Å². The normalized spacial score (nSPS) is 11.9. The van der Waals surface area contributed by atoms with Crippen LogP contribution in [0.2, 0.25) is 0 Å². The monoisotopic (exact) mass is 488 g/mol. The Morgan fingerprint density at radius 3 is 1.24 bits per heavy atom. The number of rotatable bonds is 4. The van der Waals surface area contributed by atoms with Crippen molar-refractivity contribution in [2.45, 2.75) is 40.5 Å². The van der Waals surface area contributed by atoms with Crippen molar-refractivity contribution in [3.05, 3.63) is 119 Å². The lowest BCUT2D eigenvalue weighted by Gasteiger charge is -2.21. The lowest BCUT2D eigenvalue weighted by Crippen LogP contribution is -1.96. The fourth-order valence-corrected chi connectivity index (χ4v) is 6.76. The molecule has 1 aliphatic carbocycles. The van der Waals surface area contributed by atoms with Gasteiger partial charge in [-0.15, -0.1) is 0 Å². The van der Waals surface area contributed by atoms with Crippen LogP contribution in [0, 0.1) is 13.8 Å². The third-order valence-electron chi connectivity index (χ3n) is 8.75. The van der Waals surface area contributed by atoms with Crippen LogP contribution in [0.5, 0.6) is 0 Å². The first-order valence-electron chi connectivity index (χ1n) is 13.9. The van der Waals surface area contributed by atoms with Gasteiger partial charge < -0.3 is 0 Å². The third-order valence-corrected chi connectivity index (χ3v) is 8.75. The first kappa shape index (κ1) is 23.0. The van der Waals surface area contributed by atoms with Crippen LogP contribution in [-0.4, -0.2) is 0 Å². The first-order valence-corrected chi connectivity index (χ1v) is 13.9. The molecule has 0 radical (unpaired) electrons. The number of fused-ring (bicyclic) bond motifs is 4. The highest BCUT2D eigenvalue weighted by molar-refractivity contribution is 6.22. The average Bonchev–Trinajstić information content (AvgIpc) is 3.32. The standard InChI is InChI=1S/C38H32/c1-5-25-13-17-27(18-14-25)30-21-22-31(28-19-15-26(6-2)16-20-28)35-24(4)37-33-12-8-10-29-9-7-11-32(38(29)33)36(37)23(3)34(30)35/h7-22H,5-6H2,1-4H3. The zero-order chi connectivity index (χ0) is 26.0. The molecular weight excluding hydrogens is 456 g/mol. The molecule has 0 nitrogen and oxygen atoms in total. The summed E-state index contributed by atoms with van der Waals surface area (Å²) in [5, 5.41) is 5.48. The number of aryl methyl sites for hydroxylation is 4. The summed E-state index contributed by atoms with van der Waals surface area (Å²) in [6, 6.07) is 36.6. The van der Waals surface area contributed by atoms with E-state index in [2.05, 4.69) is 125 Å². The predicted molar refractivity (Wildman–Crippen MR) is 165 cm³/mol. The van der Waals surface area contributed by atoms with E-state index in [0.29, 0.717) is 0 Å². The summed E-state index contributed by atoms with van der Waals surface area (Å²) in [6.07, 6.45) is 2.11. The molecule has 0 heterocycles. The minimum Gasteiger partial charge on any atom is -0.0613 e. The molecule has 1 aliphatic rings. The lowest BCUT2D eigenvalue weighted by molar-refractivity contribution is 1.14. The molecule has 0 N–H and O–H groups in total. The summed E-state index contributed by atoms with van der Waals surface area (Å²) >= 11 is 0. The minimum atomic E-state index is 1.06. The van der Waals surface area contributed by atoms with Gasteiger partial charge in [0, 0.05) is 0 Å². The van der Waals surface area contributed by atoms with Gasteiger partial charge in [-0.1, -0.05) is 111 Å². The average molecular weight is 489 g/mol. The Morgan fingerprint density at radius 1 is 0.421 bits per heavy atom. The maximum absolute atomic E-state index is 2.36. The van der Waals surface area contributed by atoms with Crippen LogP contribution in [0.4, 0.5) is 0 Å². The van der Waals surface area contributed by atoms with E-state index < -0.39 is 0 Å². The van der Waals surface area contributed by atoms with Gasteiger partial charge in [0.1, 0.15) is 0 Å². The zero-order valence-corrected chi connectivity index (χ0v) is 22.7. The van der Waals surface area contributed by atoms with Gasteiger partial charge in [-0.2, -0.15) is 0 Å². The Morgan fingerprint density at radius 2 is 0.842 bits per heavy atom. The molecule has 0 saturated heterocycles. The maximum atomic E-state index is 2.36. The van der Waals surface area contributed by atoms with Gasteiger partial charge in [-0.25, -0.2) is 0 Å². The van der Waals surface area contributed by atoms with Crippen LogP contribution in [0.15, 0.2) is 97.1 Å². The summed E-state index contributed by atoms with van der Waals surface area (Å²) in [6.45, 7) is 9.13. The molecule has 6 aromatic carbocycles. The van der Waals surface area contributed by atoms with Gasteiger partial charge in [-0.05, 0) is 115 Å². The Hall–Kier alpha value is -4.16. The highest BCUT2D eigenvalue weighted by Gasteiger charge is 2.28. The molecule has 0 unspecified atom stereocenters. The van der Waals surface area contributed by atoms with Gasteiger partial charge in [0.05, 0.1) is 0 Å². The quantitative estimate of drug-likeness (QED) is 0.231. The summed E-state index contributed by atoms with van der Waals surface area (Å²) in [5.74, 6) is 0. The van der Waals surface area contributed by atoms with Crippen LogP contribution in [0.1, 0.15) is 36.1 Å². The molecule has 0 amide bonds. The number of benzene rings is 6. The molecule has 0 atom stereocenters. The van der Waals surface area contributed by atoms with E-state index in [4.69, 9.17) is 0 Å². The highest BCUT2D eigenvalue weighted by Crippen LogP contribution is 2.54. The summed E-state index contributed by atoms with van der Waals surface area (Å²) in [7, 11) is 0. The van der Waals surface area contributed by atoms with Gasteiger partial charge in [0.2, 0.25) is 0 Å². The molecule has 0 aliphatic heterocycles. The second-order valence-electron chi connectivity index (χ2n) is 10.7. The molecule has 0 aromatic heterocycles. The molecule has 6 aromatic rings. The van der Waals surface area contributed by atoms with E-state index >= 15 is 0 Å². The Kier molecular flexibility index (Phi) is 5.27. The molecule has 184 valence electrons. The van der Waals surface area contributed by atoms with E-state index in [1.165, 1.54) is 88.3 Å². The first-order chi connectivity index (χ1) is 18.6. The van der Waals surface area contributed by atoms with E-state index in [1.807, 2.05) is 0 Å². The minimum absolute atomic E-state index is 1.06. The molecule has 0 spiro atoms. The Balaban J connectivity index is 1.62. The van der Waals surface area contributed by atoms with E-state index in [0.717, 1.165) is 12.8 Å². The van der Waals surface area contributed by atoms with Crippen LogP contribution in [0.3, 0.4) is 0 Å². The van der Waals surface area contributed by atoms with E-state index in [1.54, 1.807) is 0 Å². The van der Waals surface area contributed by atoms with Crippen molar-refractivity contribution >= 4 is 21.5 Å². The summed E-state index contributed by atoms with van der Waals surface area (Å²) in [4.78, 5) is 0. The van der Waals surface area contributed by atoms with Crippen molar-refractivity contribution in [1.82, 2.24) is 0 Å².